The number of halogens is 3. The fourth-order valence-electron chi connectivity index (χ4n) is 4.94. The Morgan fingerprint density at radius 2 is 1.54 bits per heavy atom. The molecule has 1 saturated carbocycles. The molecule has 3 N–H and O–H groups in total. The minimum Gasteiger partial charge on any atom is -0.481 e. The van der Waals surface area contributed by atoms with Crippen LogP contribution in [0.25, 0.3) is 11.1 Å². The Labute approximate surface area is 199 Å². The molecule has 0 aromatic heterocycles. The van der Waals surface area contributed by atoms with Crippen molar-refractivity contribution in [2.45, 2.75) is 55.8 Å². The number of alkyl halides is 3. The van der Waals surface area contributed by atoms with E-state index in [1.807, 2.05) is 48.5 Å². The van der Waals surface area contributed by atoms with E-state index < -0.39 is 42.1 Å². The molecule has 2 aliphatic rings. The molecule has 0 radical (unpaired) electrons. The monoisotopic (exact) mass is 490 g/mol. The van der Waals surface area contributed by atoms with Gasteiger partial charge in [0.1, 0.15) is 18.2 Å². The first-order valence-electron chi connectivity index (χ1n) is 11.3. The highest BCUT2D eigenvalue weighted by Crippen LogP contribution is 2.44. The van der Waals surface area contributed by atoms with Crippen LogP contribution in [-0.4, -0.2) is 47.4 Å². The molecule has 2 amide bonds. The van der Waals surface area contributed by atoms with Crippen molar-refractivity contribution in [3.8, 4) is 11.1 Å². The number of aliphatic carboxylic acids is 1. The molecule has 2 aromatic carbocycles. The number of alkyl carbamates (subject to hydrolysis) is 1. The lowest BCUT2D eigenvalue weighted by atomic mass is 9.95. The zero-order chi connectivity index (χ0) is 25.2. The molecule has 0 heterocycles. The Balaban J connectivity index is 1.45. The summed E-state index contributed by atoms with van der Waals surface area (Å²) in [5, 5.41) is 13.1. The molecule has 10 heteroatoms. The van der Waals surface area contributed by atoms with Crippen molar-refractivity contribution in [1.29, 1.82) is 0 Å². The molecule has 0 saturated heterocycles. The average molecular weight is 490 g/mol. The molecule has 4 rings (SSSR count). The second kappa shape index (κ2) is 9.59. The van der Waals surface area contributed by atoms with Crippen molar-refractivity contribution in [2.75, 3.05) is 6.61 Å². The van der Waals surface area contributed by atoms with E-state index in [0.717, 1.165) is 22.3 Å². The average Bonchev–Trinajstić information content (AvgIpc) is 3.40. The van der Waals surface area contributed by atoms with Crippen LogP contribution in [0.15, 0.2) is 48.5 Å². The van der Waals surface area contributed by atoms with E-state index in [9.17, 15) is 27.6 Å². The smallest absolute Gasteiger partial charge is 0.409 e. The van der Waals surface area contributed by atoms with E-state index in [1.165, 1.54) is 0 Å². The normalized spacial score (nSPS) is 17.2. The quantitative estimate of drug-likeness (QED) is 0.535. The van der Waals surface area contributed by atoms with Crippen LogP contribution in [0.2, 0.25) is 0 Å². The molecule has 0 aliphatic heterocycles. The van der Waals surface area contributed by atoms with E-state index in [2.05, 4.69) is 5.32 Å². The highest BCUT2D eigenvalue weighted by Gasteiger charge is 2.48. The predicted molar refractivity (Wildman–Crippen MR) is 120 cm³/mol. The highest BCUT2D eigenvalue weighted by atomic mass is 19.4. The van der Waals surface area contributed by atoms with Gasteiger partial charge in [-0.1, -0.05) is 61.4 Å². The van der Waals surface area contributed by atoms with E-state index >= 15 is 0 Å². The first-order chi connectivity index (χ1) is 16.6. The molecule has 186 valence electrons. The van der Waals surface area contributed by atoms with Gasteiger partial charge in [-0.25, -0.2) is 4.79 Å². The zero-order valence-corrected chi connectivity index (χ0v) is 18.7. The number of fused-ring (bicyclic) bond motifs is 3. The zero-order valence-electron chi connectivity index (χ0n) is 18.7. The third-order valence-corrected chi connectivity index (χ3v) is 6.66. The number of carbonyl (C=O) groups is 3. The fourth-order valence-corrected chi connectivity index (χ4v) is 4.94. The molecule has 2 aliphatic carbocycles. The van der Waals surface area contributed by atoms with Crippen molar-refractivity contribution >= 4 is 18.0 Å². The number of hydrogen-bond acceptors (Lipinski definition) is 4. The van der Waals surface area contributed by atoms with Gasteiger partial charge in [-0.15, -0.1) is 0 Å². The first kappa shape index (κ1) is 24.6. The fraction of sp³-hybridized carbons (Fsp3) is 0.400. The van der Waals surface area contributed by atoms with Gasteiger partial charge in [0.15, 0.2) is 0 Å². The molecule has 0 spiro atoms. The second-order valence-corrected chi connectivity index (χ2v) is 8.91. The summed E-state index contributed by atoms with van der Waals surface area (Å²) in [4.78, 5) is 36.4. The minimum absolute atomic E-state index is 0.0122. The molecular formula is C25H25F3N2O5. The molecule has 0 bridgehead atoms. The van der Waals surface area contributed by atoms with Gasteiger partial charge in [0.05, 0.1) is 6.42 Å². The van der Waals surface area contributed by atoms with Gasteiger partial charge in [-0.3, -0.25) is 9.59 Å². The lowest BCUT2D eigenvalue weighted by Gasteiger charge is -2.31. The van der Waals surface area contributed by atoms with Crippen LogP contribution in [0.5, 0.6) is 0 Å². The van der Waals surface area contributed by atoms with E-state index in [0.29, 0.717) is 12.8 Å². The predicted octanol–water partition coefficient (Wildman–Crippen LogP) is 4.36. The lowest BCUT2D eigenvalue weighted by Crippen LogP contribution is -2.61. The summed E-state index contributed by atoms with van der Waals surface area (Å²) < 4.78 is 45.2. The van der Waals surface area contributed by atoms with E-state index in [-0.39, 0.29) is 25.4 Å². The van der Waals surface area contributed by atoms with Crippen molar-refractivity contribution in [1.82, 2.24) is 10.6 Å². The number of rotatable bonds is 7. The van der Waals surface area contributed by atoms with Crippen molar-refractivity contribution < 1.29 is 37.4 Å². The van der Waals surface area contributed by atoms with Crippen LogP contribution in [0.1, 0.15) is 49.1 Å². The van der Waals surface area contributed by atoms with E-state index in [4.69, 9.17) is 9.84 Å². The molecule has 1 fully saturated rings. The summed E-state index contributed by atoms with van der Waals surface area (Å²) in [5.41, 5.74) is 2.48. The minimum atomic E-state index is -4.95. The first-order valence-corrected chi connectivity index (χ1v) is 11.3. The van der Waals surface area contributed by atoms with Gasteiger partial charge >= 0.3 is 18.2 Å². The summed E-state index contributed by atoms with van der Waals surface area (Å²) in [6.45, 7) is -0.0122. The van der Waals surface area contributed by atoms with Gasteiger partial charge in [0.2, 0.25) is 5.91 Å². The summed E-state index contributed by atoms with van der Waals surface area (Å²) >= 11 is 0. The number of ether oxygens (including phenoxy) is 1. The molecule has 2 aromatic rings. The Hall–Kier alpha value is -3.56. The third-order valence-electron chi connectivity index (χ3n) is 6.66. The van der Waals surface area contributed by atoms with Crippen LogP contribution < -0.4 is 10.6 Å². The maximum Gasteiger partial charge on any atom is 0.409 e. The Bertz CT molecular complexity index is 1080. The third kappa shape index (κ3) is 5.11. The molecule has 35 heavy (non-hydrogen) atoms. The lowest BCUT2D eigenvalue weighted by molar-refractivity contribution is -0.171. The molecule has 1 atom stereocenters. The van der Waals surface area contributed by atoms with Crippen molar-refractivity contribution in [3.05, 3.63) is 59.7 Å². The van der Waals surface area contributed by atoms with Crippen molar-refractivity contribution in [2.24, 2.45) is 0 Å². The molecule has 7 nitrogen and oxygen atoms in total. The van der Waals surface area contributed by atoms with Crippen molar-refractivity contribution in [3.63, 3.8) is 0 Å². The largest absolute Gasteiger partial charge is 0.481 e. The van der Waals surface area contributed by atoms with Crippen LogP contribution >= 0.6 is 0 Å². The van der Waals surface area contributed by atoms with Gasteiger partial charge in [-0.2, -0.15) is 13.2 Å². The number of amides is 2. The number of nitrogens with one attached hydrogen (secondary N) is 2. The number of carboxylic acids is 1. The van der Waals surface area contributed by atoms with Crippen LogP contribution in [-0.2, 0) is 14.3 Å². The molecular weight excluding hydrogens is 465 g/mol. The SMILES string of the molecule is O=C(O)CC(NC(=O)C1(NC(=O)OCC2c3ccccc3-c3ccccc32)CCCC1)C(F)(F)F. The summed E-state index contributed by atoms with van der Waals surface area (Å²) in [5.74, 6) is -2.98. The number of carbonyl (C=O) groups excluding carboxylic acids is 2. The maximum atomic E-state index is 13.3. The molecule has 1 unspecified atom stereocenters. The van der Waals surface area contributed by atoms with Crippen LogP contribution in [0.3, 0.4) is 0 Å². The van der Waals surface area contributed by atoms with E-state index in [1.54, 1.807) is 5.32 Å². The highest BCUT2D eigenvalue weighted by molar-refractivity contribution is 5.91. The Morgan fingerprint density at radius 3 is 2.06 bits per heavy atom. The number of carboxylic acid groups (broad SMARTS) is 1. The summed E-state index contributed by atoms with van der Waals surface area (Å²) in [6.07, 6.45) is -5.88. The number of benzene rings is 2. The van der Waals surface area contributed by atoms with Gasteiger partial charge in [0.25, 0.3) is 0 Å². The second-order valence-electron chi connectivity index (χ2n) is 8.91. The number of hydrogen-bond donors (Lipinski definition) is 3. The topological polar surface area (TPSA) is 105 Å². The van der Waals surface area contributed by atoms with Gasteiger partial charge in [-0.05, 0) is 35.1 Å². The summed E-state index contributed by atoms with van der Waals surface area (Å²) in [7, 11) is 0. The standard InChI is InChI=1S/C25H25F3N2O5/c26-25(27,28)20(13-21(31)32)29-22(33)24(11-5-6-12-24)30-23(34)35-14-19-17-9-3-1-7-15(17)16-8-2-4-10-18(16)19/h1-4,7-10,19-20H,5-6,11-14H2,(H,29,33)(H,30,34)(H,31,32). The van der Waals surface area contributed by atoms with Crippen LogP contribution in [0.4, 0.5) is 18.0 Å². The van der Waals surface area contributed by atoms with Gasteiger partial charge < -0.3 is 20.5 Å². The van der Waals surface area contributed by atoms with Gasteiger partial charge in [0, 0.05) is 5.92 Å². The van der Waals surface area contributed by atoms with Crippen LogP contribution in [0, 0.1) is 0 Å². The maximum absolute atomic E-state index is 13.3. The Morgan fingerprint density at radius 1 is 1.00 bits per heavy atom. The Kier molecular flexibility index (Phi) is 6.73. The summed E-state index contributed by atoms with van der Waals surface area (Å²) in [6, 6.07) is 12.9.